The highest BCUT2D eigenvalue weighted by atomic mass is 16.4. The number of carbonyl (C=O) groups excluding carboxylic acids is 1. The second-order valence-electron chi connectivity index (χ2n) is 2.11. The maximum Gasteiger partial charge on any atom is 0.432 e. The molecule has 0 saturated heterocycles. The van der Waals surface area contributed by atoms with Crippen LogP contribution in [0.2, 0.25) is 0 Å². The molecule has 0 aromatic carbocycles. The molecule has 0 unspecified atom stereocenters. The summed E-state index contributed by atoms with van der Waals surface area (Å²) in [5.74, 6) is -0.0597. The highest BCUT2D eigenvalue weighted by Crippen LogP contribution is 2.00. The summed E-state index contributed by atoms with van der Waals surface area (Å²) in [6.45, 7) is 1.32. The molecule has 1 aromatic rings. The lowest BCUT2D eigenvalue weighted by atomic mass is 10.6. The van der Waals surface area contributed by atoms with E-state index in [1.54, 1.807) is 0 Å². The van der Waals surface area contributed by atoms with Crippen molar-refractivity contribution in [2.45, 2.75) is 6.92 Å². The van der Waals surface area contributed by atoms with Crippen molar-refractivity contribution in [1.29, 1.82) is 0 Å². The van der Waals surface area contributed by atoms with Gasteiger partial charge >= 0.3 is 6.09 Å². The fourth-order valence-electron chi connectivity index (χ4n) is 0.677. The van der Waals surface area contributed by atoms with Gasteiger partial charge in [0.05, 0.1) is 0 Å². The molecule has 1 heterocycles. The molecule has 0 aliphatic heterocycles. The number of rotatable bonds is 1. The molecule has 0 aliphatic rings. The number of amides is 1. The Morgan fingerprint density at radius 1 is 1.67 bits per heavy atom. The van der Waals surface area contributed by atoms with Crippen LogP contribution in [0.1, 0.15) is 6.92 Å². The molecule has 1 rings (SSSR count). The Hall–Kier alpha value is -1.85. The van der Waals surface area contributed by atoms with Gasteiger partial charge in [0.25, 0.3) is 0 Å². The van der Waals surface area contributed by atoms with Gasteiger partial charge < -0.3 is 10.4 Å². The molecule has 64 valence electrons. The smallest absolute Gasteiger partial charge is 0.432 e. The SMILES string of the molecule is CC(=O)Nc1ccn(C(=O)O)n1. The van der Waals surface area contributed by atoms with Crippen molar-refractivity contribution in [3.8, 4) is 0 Å². The molecule has 6 nitrogen and oxygen atoms in total. The van der Waals surface area contributed by atoms with E-state index in [1.807, 2.05) is 0 Å². The zero-order chi connectivity index (χ0) is 9.14. The van der Waals surface area contributed by atoms with Crippen molar-refractivity contribution in [3.63, 3.8) is 0 Å². The third-order valence-electron chi connectivity index (χ3n) is 1.09. The van der Waals surface area contributed by atoms with Crippen LogP contribution >= 0.6 is 0 Å². The second-order valence-corrected chi connectivity index (χ2v) is 2.11. The molecule has 2 N–H and O–H groups in total. The van der Waals surface area contributed by atoms with Crippen LogP contribution in [0.3, 0.4) is 0 Å². The van der Waals surface area contributed by atoms with Gasteiger partial charge in [0, 0.05) is 19.2 Å². The highest BCUT2D eigenvalue weighted by Gasteiger charge is 2.04. The van der Waals surface area contributed by atoms with Crippen molar-refractivity contribution in [3.05, 3.63) is 12.3 Å². The largest absolute Gasteiger partial charge is 0.463 e. The summed E-state index contributed by atoms with van der Waals surface area (Å²) in [6.07, 6.45) is 0.0553. The maximum atomic E-state index is 10.5. The van der Waals surface area contributed by atoms with Gasteiger partial charge in [0.2, 0.25) is 5.91 Å². The van der Waals surface area contributed by atoms with Crippen molar-refractivity contribution in [1.82, 2.24) is 9.78 Å². The van der Waals surface area contributed by atoms with Crippen LogP contribution in [-0.2, 0) is 4.79 Å². The first-order valence-electron chi connectivity index (χ1n) is 3.16. The molecule has 1 amide bonds. The van der Waals surface area contributed by atoms with Crippen LogP contribution in [0.25, 0.3) is 0 Å². The van der Waals surface area contributed by atoms with Gasteiger partial charge in [-0.25, -0.2) is 4.79 Å². The lowest BCUT2D eigenvalue weighted by molar-refractivity contribution is -0.114. The molecule has 0 atom stereocenters. The summed E-state index contributed by atoms with van der Waals surface area (Å²) < 4.78 is 0.714. The number of carboxylic acid groups (broad SMARTS) is 1. The molecule has 0 aliphatic carbocycles. The normalized spacial score (nSPS) is 9.42. The van der Waals surface area contributed by atoms with Gasteiger partial charge in [0.1, 0.15) is 0 Å². The minimum absolute atomic E-state index is 0.227. The summed E-state index contributed by atoms with van der Waals surface area (Å²) in [5, 5.41) is 14.3. The van der Waals surface area contributed by atoms with Crippen LogP contribution in [0.15, 0.2) is 12.3 Å². The molecular weight excluding hydrogens is 162 g/mol. The standard InChI is InChI=1S/C6H7N3O3/c1-4(10)7-5-2-3-9(8-5)6(11)12/h2-3H,1H3,(H,11,12)(H,7,8,10). The van der Waals surface area contributed by atoms with Crippen LogP contribution in [0.4, 0.5) is 10.6 Å². The van der Waals surface area contributed by atoms with E-state index in [9.17, 15) is 9.59 Å². The summed E-state index contributed by atoms with van der Waals surface area (Å²) in [7, 11) is 0. The molecule has 12 heavy (non-hydrogen) atoms. The number of nitrogens with one attached hydrogen (secondary N) is 1. The van der Waals surface area contributed by atoms with Crippen molar-refractivity contribution in [2.75, 3.05) is 5.32 Å². The van der Waals surface area contributed by atoms with E-state index in [0.29, 0.717) is 4.68 Å². The number of anilines is 1. The predicted octanol–water partition coefficient (Wildman–Crippen LogP) is 0.368. The Kier molecular flexibility index (Phi) is 2.09. The van der Waals surface area contributed by atoms with E-state index in [-0.39, 0.29) is 11.7 Å². The summed E-state index contributed by atoms with van der Waals surface area (Å²) in [5.41, 5.74) is 0. The Labute approximate surface area is 67.8 Å². The number of carbonyl (C=O) groups is 2. The number of nitrogens with zero attached hydrogens (tertiary/aromatic N) is 2. The van der Waals surface area contributed by atoms with Crippen LogP contribution in [-0.4, -0.2) is 26.9 Å². The second kappa shape index (κ2) is 3.04. The lowest BCUT2D eigenvalue weighted by Gasteiger charge is -1.93. The Morgan fingerprint density at radius 3 is 2.75 bits per heavy atom. The third-order valence-corrected chi connectivity index (χ3v) is 1.09. The van der Waals surface area contributed by atoms with Gasteiger partial charge in [-0.1, -0.05) is 0 Å². The summed E-state index contributed by atoms with van der Waals surface area (Å²) >= 11 is 0. The van der Waals surface area contributed by atoms with Gasteiger partial charge in [-0.15, -0.1) is 5.10 Å². The highest BCUT2D eigenvalue weighted by molar-refractivity contribution is 5.87. The molecule has 0 spiro atoms. The summed E-state index contributed by atoms with van der Waals surface area (Å²) in [4.78, 5) is 20.8. The monoisotopic (exact) mass is 169 g/mol. The molecule has 0 bridgehead atoms. The molecule has 0 saturated carbocycles. The minimum Gasteiger partial charge on any atom is -0.463 e. The van der Waals surface area contributed by atoms with Gasteiger partial charge in [-0.2, -0.15) is 4.68 Å². The lowest BCUT2D eigenvalue weighted by Crippen LogP contribution is -2.11. The van der Waals surface area contributed by atoms with E-state index in [2.05, 4.69) is 10.4 Å². The van der Waals surface area contributed by atoms with Crippen LogP contribution in [0, 0.1) is 0 Å². The first-order valence-corrected chi connectivity index (χ1v) is 3.16. The van der Waals surface area contributed by atoms with E-state index in [0.717, 1.165) is 0 Å². The molecular formula is C6H7N3O3. The predicted molar refractivity (Wildman–Crippen MR) is 40.0 cm³/mol. The van der Waals surface area contributed by atoms with E-state index in [1.165, 1.54) is 19.2 Å². The molecule has 0 fully saturated rings. The first kappa shape index (κ1) is 8.25. The fourth-order valence-corrected chi connectivity index (χ4v) is 0.677. The first-order chi connectivity index (χ1) is 5.59. The third kappa shape index (κ3) is 1.82. The van der Waals surface area contributed by atoms with Crippen molar-refractivity contribution in [2.24, 2.45) is 0 Å². The average molecular weight is 169 g/mol. The van der Waals surface area contributed by atoms with Crippen LogP contribution < -0.4 is 5.32 Å². The fraction of sp³-hybridized carbons (Fsp3) is 0.167. The minimum atomic E-state index is -1.19. The van der Waals surface area contributed by atoms with E-state index >= 15 is 0 Å². The Bertz CT molecular complexity index is 318. The molecule has 1 aromatic heterocycles. The molecule has 0 radical (unpaired) electrons. The topological polar surface area (TPSA) is 84.2 Å². The summed E-state index contributed by atoms with van der Waals surface area (Å²) in [6, 6.07) is 1.40. The van der Waals surface area contributed by atoms with Gasteiger partial charge in [0.15, 0.2) is 5.82 Å². The maximum absolute atomic E-state index is 10.5. The zero-order valence-electron chi connectivity index (χ0n) is 6.31. The van der Waals surface area contributed by atoms with E-state index < -0.39 is 6.09 Å². The molecule has 6 heteroatoms. The zero-order valence-corrected chi connectivity index (χ0v) is 6.31. The number of aromatic nitrogens is 2. The van der Waals surface area contributed by atoms with Gasteiger partial charge in [-0.3, -0.25) is 4.79 Å². The van der Waals surface area contributed by atoms with Crippen molar-refractivity contribution >= 4 is 17.8 Å². The quantitative estimate of drug-likeness (QED) is 0.636. The van der Waals surface area contributed by atoms with Crippen LogP contribution in [0.5, 0.6) is 0 Å². The number of hydrogen-bond donors (Lipinski definition) is 2. The van der Waals surface area contributed by atoms with Crippen molar-refractivity contribution < 1.29 is 14.7 Å². The number of hydrogen-bond acceptors (Lipinski definition) is 3. The Balaban J connectivity index is 2.77. The van der Waals surface area contributed by atoms with Gasteiger partial charge in [-0.05, 0) is 0 Å². The van der Waals surface area contributed by atoms with E-state index in [4.69, 9.17) is 5.11 Å². The Morgan fingerprint density at radius 2 is 2.33 bits per heavy atom. The average Bonchev–Trinajstić information content (AvgIpc) is 2.34.